The number of benzene rings is 1. The minimum Gasteiger partial charge on any atom is -0.480 e. The Kier molecular flexibility index (Phi) is 4.87. The van der Waals surface area contributed by atoms with Gasteiger partial charge in [-0.3, -0.25) is 9.59 Å². The van der Waals surface area contributed by atoms with Crippen LogP contribution in [0, 0.1) is 6.92 Å². The lowest BCUT2D eigenvalue weighted by Crippen LogP contribution is -2.44. The predicted molar refractivity (Wildman–Crippen MR) is 71.9 cm³/mol. The lowest BCUT2D eigenvalue weighted by atomic mass is 9.77. The van der Waals surface area contributed by atoms with Crippen LogP contribution in [0.2, 0.25) is 0 Å². The van der Waals surface area contributed by atoms with Crippen LogP contribution in [0.3, 0.4) is 0 Å². The average molecular weight is 262 g/mol. The van der Waals surface area contributed by atoms with Gasteiger partial charge in [-0.15, -0.1) is 6.58 Å². The lowest BCUT2D eigenvalue weighted by Gasteiger charge is -2.26. The van der Waals surface area contributed by atoms with Crippen LogP contribution in [-0.2, 0) is 19.7 Å². The molecule has 0 bridgehead atoms. The van der Waals surface area contributed by atoms with E-state index in [1.54, 1.807) is 31.2 Å². The van der Waals surface area contributed by atoms with Gasteiger partial charge in [-0.25, -0.2) is 0 Å². The molecule has 102 valence electrons. The molecular formula is C15H18O4. The van der Waals surface area contributed by atoms with Crippen molar-refractivity contribution in [3.8, 4) is 0 Å². The molecule has 1 N–H and O–H groups in total. The van der Waals surface area contributed by atoms with Crippen molar-refractivity contribution in [3.05, 3.63) is 48.0 Å². The van der Waals surface area contributed by atoms with E-state index in [4.69, 9.17) is 4.74 Å². The number of hydrogen-bond acceptors (Lipinski definition) is 3. The minimum absolute atomic E-state index is 0.00969. The summed E-state index contributed by atoms with van der Waals surface area (Å²) in [4.78, 5) is 23.8. The van der Waals surface area contributed by atoms with E-state index in [2.05, 4.69) is 6.58 Å². The molecule has 19 heavy (non-hydrogen) atoms. The van der Waals surface area contributed by atoms with Crippen molar-refractivity contribution in [2.24, 2.45) is 0 Å². The number of ether oxygens (including phenoxy) is 1. The van der Waals surface area contributed by atoms with Gasteiger partial charge in [-0.1, -0.05) is 35.9 Å². The number of carbonyl (C=O) groups is 2. The standard InChI is InChI=1S/C15H18O4/c1-4-10-15(13(16)17,14(18)19-5-2)12-8-6-11(3)7-9-12/h4,6-9H,1,5,10H2,2-3H3,(H,16,17). The zero-order valence-corrected chi connectivity index (χ0v) is 11.2. The fourth-order valence-corrected chi connectivity index (χ4v) is 1.93. The van der Waals surface area contributed by atoms with Gasteiger partial charge in [0.25, 0.3) is 0 Å². The van der Waals surface area contributed by atoms with Gasteiger partial charge in [-0.2, -0.15) is 0 Å². The molecule has 0 heterocycles. The number of aliphatic carboxylic acids is 1. The highest BCUT2D eigenvalue weighted by Crippen LogP contribution is 2.31. The number of esters is 1. The van der Waals surface area contributed by atoms with E-state index < -0.39 is 17.4 Å². The molecule has 1 aromatic carbocycles. The fourth-order valence-electron chi connectivity index (χ4n) is 1.93. The molecule has 0 fully saturated rings. The number of rotatable bonds is 6. The third-order valence-electron chi connectivity index (χ3n) is 2.98. The summed E-state index contributed by atoms with van der Waals surface area (Å²) in [5.41, 5.74) is -0.319. The Morgan fingerprint density at radius 3 is 2.37 bits per heavy atom. The molecule has 0 saturated heterocycles. The summed E-state index contributed by atoms with van der Waals surface area (Å²) in [6, 6.07) is 6.83. The SMILES string of the molecule is C=CCC(C(=O)O)(C(=O)OCC)c1ccc(C)cc1. The normalized spacial score (nSPS) is 13.4. The minimum atomic E-state index is -1.72. The quantitative estimate of drug-likeness (QED) is 0.486. The van der Waals surface area contributed by atoms with Gasteiger partial charge in [0.2, 0.25) is 0 Å². The van der Waals surface area contributed by atoms with Crippen molar-refractivity contribution in [2.45, 2.75) is 25.7 Å². The molecule has 1 unspecified atom stereocenters. The highest BCUT2D eigenvalue weighted by molar-refractivity contribution is 6.05. The summed E-state index contributed by atoms with van der Waals surface area (Å²) in [7, 11) is 0. The Morgan fingerprint density at radius 1 is 1.37 bits per heavy atom. The maximum absolute atomic E-state index is 12.1. The molecule has 0 spiro atoms. The number of aryl methyl sites for hydroxylation is 1. The monoisotopic (exact) mass is 262 g/mol. The van der Waals surface area contributed by atoms with Gasteiger partial charge in [0.05, 0.1) is 6.61 Å². The second-order valence-electron chi connectivity index (χ2n) is 4.29. The Morgan fingerprint density at radius 2 is 1.95 bits per heavy atom. The van der Waals surface area contributed by atoms with Crippen molar-refractivity contribution in [3.63, 3.8) is 0 Å². The largest absolute Gasteiger partial charge is 0.480 e. The molecule has 4 heteroatoms. The van der Waals surface area contributed by atoms with E-state index in [-0.39, 0.29) is 13.0 Å². The number of allylic oxidation sites excluding steroid dienone is 1. The summed E-state index contributed by atoms with van der Waals surface area (Å²) in [6.45, 7) is 7.22. The topological polar surface area (TPSA) is 63.6 Å². The molecule has 0 amide bonds. The molecule has 1 atom stereocenters. The number of carbonyl (C=O) groups excluding carboxylic acids is 1. The average Bonchev–Trinajstić information content (AvgIpc) is 2.37. The first-order valence-corrected chi connectivity index (χ1v) is 6.07. The van der Waals surface area contributed by atoms with Crippen molar-refractivity contribution >= 4 is 11.9 Å². The molecule has 1 rings (SSSR count). The van der Waals surface area contributed by atoms with Gasteiger partial charge >= 0.3 is 11.9 Å². The number of carboxylic acid groups (broad SMARTS) is 1. The van der Waals surface area contributed by atoms with Crippen molar-refractivity contribution in [1.29, 1.82) is 0 Å². The zero-order chi connectivity index (χ0) is 14.5. The second kappa shape index (κ2) is 6.18. The maximum atomic E-state index is 12.1. The first kappa shape index (κ1) is 15.0. The Bertz CT molecular complexity index is 475. The van der Waals surface area contributed by atoms with Crippen LogP contribution in [0.25, 0.3) is 0 Å². The Balaban J connectivity index is 3.38. The summed E-state index contributed by atoms with van der Waals surface area (Å²) in [6.07, 6.45) is 1.41. The van der Waals surface area contributed by atoms with Gasteiger partial charge in [-0.05, 0) is 25.8 Å². The highest BCUT2D eigenvalue weighted by Gasteiger charge is 2.48. The van der Waals surface area contributed by atoms with E-state index in [0.717, 1.165) is 5.56 Å². The molecule has 0 aliphatic heterocycles. The van der Waals surface area contributed by atoms with E-state index in [1.165, 1.54) is 6.08 Å². The highest BCUT2D eigenvalue weighted by atomic mass is 16.5. The van der Waals surface area contributed by atoms with Gasteiger partial charge in [0.15, 0.2) is 5.41 Å². The summed E-state index contributed by atoms with van der Waals surface area (Å²) in [5.74, 6) is -1.99. The van der Waals surface area contributed by atoms with Gasteiger partial charge in [0, 0.05) is 0 Å². The van der Waals surface area contributed by atoms with Crippen LogP contribution in [0.1, 0.15) is 24.5 Å². The first-order valence-electron chi connectivity index (χ1n) is 6.07. The zero-order valence-electron chi connectivity index (χ0n) is 11.2. The Labute approximate surface area is 112 Å². The molecule has 4 nitrogen and oxygen atoms in total. The first-order chi connectivity index (χ1) is 8.98. The second-order valence-corrected chi connectivity index (χ2v) is 4.29. The third kappa shape index (κ3) is 2.84. The van der Waals surface area contributed by atoms with E-state index in [0.29, 0.717) is 5.56 Å². The predicted octanol–water partition coefficient (Wildman–Crippen LogP) is 2.46. The third-order valence-corrected chi connectivity index (χ3v) is 2.98. The van der Waals surface area contributed by atoms with Gasteiger partial charge < -0.3 is 9.84 Å². The van der Waals surface area contributed by atoms with Gasteiger partial charge in [0.1, 0.15) is 0 Å². The van der Waals surface area contributed by atoms with Crippen LogP contribution < -0.4 is 0 Å². The number of hydrogen-bond donors (Lipinski definition) is 1. The lowest BCUT2D eigenvalue weighted by molar-refractivity contribution is -0.161. The van der Waals surface area contributed by atoms with Crippen molar-refractivity contribution in [2.75, 3.05) is 6.61 Å². The molecule has 0 aromatic heterocycles. The van der Waals surface area contributed by atoms with Crippen LogP contribution in [0.15, 0.2) is 36.9 Å². The van der Waals surface area contributed by atoms with E-state index in [1.807, 2.05) is 6.92 Å². The molecular weight excluding hydrogens is 244 g/mol. The summed E-state index contributed by atoms with van der Waals surface area (Å²) < 4.78 is 4.94. The molecule has 1 aromatic rings. The molecule has 0 aliphatic rings. The maximum Gasteiger partial charge on any atom is 0.328 e. The Hall–Kier alpha value is -2.10. The van der Waals surface area contributed by atoms with Crippen LogP contribution >= 0.6 is 0 Å². The van der Waals surface area contributed by atoms with Crippen molar-refractivity contribution < 1.29 is 19.4 Å². The van der Waals surface area contributed by atoms with Crippen LogP contribution in [0.4, 0.5) is 0 Å². The number of carboxylic acids is 1. The molecule has 0 aliphatic carbocycles. The fraction of sp³-hybridized carbons (Fsp3) is 0.333. The van der Waals surface area contributed by atoms with Crippen LogP contribution in [-0.4, -0.2) is 23.7 Å². The smallest absolute Gasteiger partial charge is 0.328 e. The van der Waals surface area contributed by atoms with Crippen LogP contribution in [0.5, 0.6) is 0 Å². The van der Waals surface area contributed by atoms with E-state index >= 15 is 0 Å². The van der Waals surface area contributed by atoms with E-state index in [9.17, 15) is 14.7 Å². The summed E-state index contributed by atoms with van der Waals surface area (Å²) >= 11 is 0. The molecule has 0 saturated carbocycles. The summed E-state index contributed by atoms with van der Waals surface area (Å²) in [5, 5.41) is 9.53. The van der Waals surface area contributed by atoms with Crippen molar-refractivity contribution in [1.82, 2.24) is 0 Å². The molecule has 0 radical (unpaired) electrons.